The summed E-state index contributed by atoms with van der Waals surface area (Å²) < 4.78 is 5.72. The molecule has 2 nitrogen and oxygen atoms in total. The summed E-state index contributed by atoms with van der Waals surface area (Å²) in [4.78, 5) is 0. The van der Waals surface area contributed by atoms with E-state index in [2.05, 4.69) is 0 Å². The van der Waals surface area contributed by atoms with Crippen LogP contribution in [0, 0.1) is 5.92 Å². The predicted octanol–water partition coefficient (Wildman–Crippen LogP) is 4.00. The third kappa shape index (κ3) is 2.57. The van der Waals surface area contributed by atoms with Crippen molar-refractivity contribution < 1.29 is 9.52 Å². The first-order valence-electron chi connectivity index (χ1n) is 6.57. The van der Waals surface area contributed by atoms with Gasteiger partial charge in [-0.2, -0.15) is 11.8 Å². The molecule has 0 bridgehead atoms. The lowest BCUT2D eigenvalue weighted by Gasteiger charge is -2.22. The Bertz CT molecular complexity index is 481. The van der Waals surface area contributed by atoms with E-state index in [4.69, 9.17) is 4.42 Å². The SMILES string of the molecule is OC(CC1CCSCC1)c1cc2ccccc2o1. The Balaban J connectivity index is 1.72. The Morgan fingerprint density at radius 1 is 1.28 bits per heavy atom. The minimum atomic E-state index is -0.453. The average molecular weight is 262 g/mol. The zero-order chi connectivity index (χ0) is 12.4. The number of hydrogen-bond donors (Lipinski definition) is 1. The van der Waals surface area contributed by atoms with E-state index in [1.54, 1.807) is 0 Å². The molecule has 1 atom stereocenters. The fraction of sp³-hybridized carbons (Fsp3) is 0.467. The highest BCUT2D eigenvalue weighted by Gasteiger charge is 2.21. The third-order valence-electron chi connectivity index (χ3n) is 3.67. The smallest absolute Gasteiger partial charge is 0.134 e. The Morgan fingerprint density at radius 3 is 2.83 bits per heavy atom. The third-order valence-corrected chi connectivity index (χ3v) is 4.72. The van der Waals surface area contributed by atoms with Crippen LogP contribution in [0.1, 0.15) is 31.1 Å². The van der Waals surface area contributed by atoms with Crippen molar-refractivity contribution in [3.05, 3.63) is 36.1 Å². The maximum absolute atomic E-state index is 10.3. The van der Waals surface area contributed by atoms with Crippen molar-refractivity contribution in [2.45, 2.75) is 25.4 Å². The predicted molar refractivity (Wildman–Crippen MR) is 75.8 cm³/mol. The Hall–Kier alpha value is -0.930. The van der Waals surface area contributed by atoms with Crippen LogP contribution in [0.15, 0.2) is 34.7 Å². The number of aliphatic hydroxyl groups excluding tert-OH is 1. The fourth-order valence-corrected chi connectivity index (χ4v) is 3.78. The molecule has 18 heavy (non-hydrogen) atoms. The van der Waals surface area contributed by atoms with Crippen molar-refractivity contribution in [2.75, 3.05) is 11.5 Å². The highest BCUT2D eigenvalue weighted by Crippen LogP contribution is 2.32. The fourth-order valence-electron chi connectivity index (χ4n) is 2.58. The van der Waals surface area contributed by atoms with E-state index >= 15 is 0 Å². The zero-order valence-electron chi connectivity index (χ0n) is 10.3. The van der Waals surface area contributed by atoms with E-state index in [0.29, 0.717) is 5.92 Å². The second kappa shape index (κ2) is 5.37. The van der Waals surface area contributed by atoms with Crippen molar-refractivity contribution in [3.63, 3.8) is 0 Å². The van der Waals surface area contributed by atoms with Crippen LogP contribution >= 0.6 is 11.8 Å². The van der Waals surface area contributed by atoms with Gasteiger partial charge in [0.2, 0.25) is 0 Å². The van der Waals surface area contributed by atoms with E-state index in [0.717, 1.165) is 23.2 Å². The molecule has 2 aromatic rings. The summed E-state index contributed by atoms with van der Waals surface area (Å²) in [6.45, 7) is 0. The molecule has 0 spiro atoms. The van der Waals surface area contributed by atoms with Crippen LogP contribution < -0.4 is 0 Å². The molecular formula is C15H18O2S. The molecule has 1 unspecified atom stereocenters. The number of rotatable bonds is 3. The summed E-state index contributed by atoms with van der Waals surface area (Å²) in [6.07, 6.45) is 2.83. The number of thioether (sulfide) groups is 1. The van der Waals surface area contributed by atoms with Crippen molar-refractivity contribution in [3.8, 4) is 0 Å². The number of hydrogen-bond acceptors (Lipinski definition) is 3. The Labute approximate surface area is 111 Å². The number of aliphatic hydroxyl groups is 1. The highest BCUT2D eigenvalue weighted by atomic mass is 32.2. The van der Waals surface area contributed by atoms with Crippen LogP contribution in [0.2, 0.25) is 0 Å². The first-order valence-corrected chi connectivity index (χ1v) is 7.72. The largest absolute Gasteiger partial charge is 0.458 e. The Kier molecular flexibility index (Phi) is 3.62. The molecule has 2 heterocycles. The lowest BCUT2D eigenvalue weighted by atomic mass is 9.94. The van der Waals surface area contributed by atoms with Gasteiger partial charge >= 0.3 is 0 Å². The summed E-state index contributed by atoms with van der Waals surface area (Å²) in [5, 5.41) is 11.3. The normalized spacial score (nSPS) is 19.2. The van der Waals surface area contributed by atoms with Gasteiger partial charge in [-0.15, -0.1) is 0 Å². The number of furan rings is 1. The summed E-state index contributed by atoms with van der Waals surface area (Å²) in [6, 6.07) is 9.89. The van der Waals surface area contributed by atoms with E-state index in [1.807, 2.05) is 42.1 Å². The minimum Gasteiger partial charge on any atom is -0.458 e. The monoisotopic (exact) mass is 262 g/mol. The summed E-state index contributed by atoms with van der Waals surface area (Å²) >= 11 is 2.02. The average Bonchev–Trinajstić information content (AvgIpc) is 2.84. The molecule has 0 saturated carbocycles. The van der Waals surface area contributed by atoms with Gasteiger partial charge in [0.1, 0.15) is 17.4 Å². The van der Waals surface area contributed by atoms with Gasteiger partial charge in [0, 0.05) is 5.39 Å². The van der Waals surface area contributed by atoms with Gasteiger partial charge in [-0.25, -0.2) is 0 Å². The van der Waals surface area contributed by atoms with Gasteiger partial charge < -0.3 is 9.52 Å². The first-order chi connectivity index (χ1) is 8.83. The number of benzene rings is 1. The van der Waals surface area contributed by atoms with Gasteiger partial charge in [0.15, 0.2) is 0 Å². The molecular weight excluding hydrogens is 244 g/mol. The van der Waals surface area contributed by atoms with Crippen molar-refractivity contribution in [2.24, 2.45) is 5.92 Å². The van der Waals surface area contributed by atoms with E-state index in [-0.39, 0.29) is 0 Å². The zero-order valence-corrected chi connectivity index (χ0v) is 11.2. The molecule has 3 rings (SSSR count). The van der Waals surface area contributed by atoms with Crippen LogP contribution in [0.25, 0.3) is 11.0 Å². The molecule has 1 aromatic heterocycles. The molecule has 1 N–H and O–H groups in total. The van der Waals surface area contributed by atoms with E-state index in [9.17, 15) is 5.11 Å². The molecule has 1 saturated heterocycles. The molecule has 3 heteroatoms. The maximum atomic E-state index is 10.3. The van der Waals surface area contributed by atoms with E-state index in [1.165, 1.54) is 24.3 Å². The van der Waals surface area contributed by atoms with Crippen LogP contribution in [0.3, 0.4) is 0 Å². The lowest BCUT2D eigenvalue weighted by Crippen LogP contribution is -2.13. The standard InChI is InChI=1S/C15H18O2S/c16-13(9-11-5-7-18-8-6-11)15-10-12-3-1-2-4-14(12)17-15/h1-4,10-11,13,16H,5-9H2. The first kappa shape index (κ1) is 12.1. The second-order valence-corrected chi connectivity index (χ2v) is 6.22. The Morgan fingerprint density at radius 2 is 2.06 bits per heavy atom. The lowest BCUT2D eigenvalue weighted by molar-refractivity contribution is 0.119. The topological polar surface area (TPSA) is 33.4 Å². The van der Waals surface area contributed by atoms with Crippen LogP contribution in [0.4, 0.5) is 0 Å². The summed E-state index contributed by atoms with van der Waals surface area (Å²) in [7, 11) is 0. The minimum absolute atomic E-state index is 0.453. The number of fused-ring (bicyclic) bond motifs is 1. The van der Waals surface area contributed by atoms with Gasteiger partial charge in [0.25, 0.3) is 0 Å². The molecule has 1 aliphatic rings. The highest BCUT2D eigenvalue weighted by molar-refractivity contribution is 7.99. The molecule has 0 amide bonds. The summed E-state index contributed by atoms with van der Waals surface area (Å²) in [5.74, 6) is 3.83. The van der Waals surface area contributed by atoms with Crippen LogP contribution in [0.5, 0.6) is 0 Å². The van der Waals surface area contributed by atoms with Crippen molar-refractivity contribution >= 4 is 22.7 Å². The van der Waals surface area contributed by atoms with Crippen molar-refractivity contribution in [1.29, 1.82) is 0 Å². The van der Waals surface area contributed by atoms with E-state index < -0.39 is 6.10 Å². The van der Waals surface area contributed by atoms with Crippen LogP contribution in [-0.4, -0.2) is 16.6 Å². The van der Waals surface area contributed by atoms with Crippen molar-refractivity contribution in [1.82, 2.24) is 0 Å². The second-order valence-electron chi connectivity index (χ2n) is 4.99. The van der Waals surface area contributed by atoms with Gasteiger partial charge in [-0.1, -0.05) is 18.2 Å². The van der Waals surface area contributed by atoms with Crippen LogP contribution in [-0.2, 0) is 0 Å². The molecule has 0 aliphatic carbocycles. The molecule has 1 aromatic carbocycles. The molecule has 0 radical (unpaired) electrons. The quantitative estimate of drug-likeness (QED) is 0.907. The molecule has 1 fully saturated rings. The van der Waals surface area contributed by atoms with Gasteiger partial charge in [0.05, 0.1) is 0 Å². The van der Waals surface area contributed by atoms with Gasteiger partial charge in [-0.05, 0) is 48.8 Å². The van der Waals surface area contributed by atoms with Gasteiger partial charge in [-0.3, -0.25) is 0 Å². The maximum Gasteiger partial charge on any atom is 0.134 e. The number of para-hydroxylation sites is 1. The summed E-state index contributed by atoms with van der Waals surface area (Å²) in [5.41, 5.74) is 0.866. The molecule has 96 valence electrons. The molecule has 1 aliphatic heterocycles.